The molecule has 0 unspecified atom stereocenters. The van der Waals surface area contributed by atoms with Crippen LogP contribution in [0.3, 0.4) is 0 Å². The molecule has 0 bridgehead atoms. The van der Waals surface area contributed by atoms with Crippen molar-refractivity contribution in [2.45, 2.75) is 24.6 Å². The number of aliphatic hydroxyl groups excluding tert-OH is 1. The number of furan rings is 1. The van der Waals surface area contributed by atoms with E-state index in [1.165, 1.54) is 24.5 Å². The molecule has 1 amide bonds. The summed E-state index contributed by atoms with van der Waals surface area (Å²) in [4.78, 5) is 12.0. The molecular formula is C17H16F3NO3. The molecule has 1 aromatic heterocycles. The van der Waals surface area contributed by atoms with Crippen molar-refractivity contribution in [3.63, 3.8) is 0 Å². The van der Waals surface area contributed by atoms with E-state index in [1.807, 2.05) is 0 Å². The van der Waals surface area contributed by atoms with Gasteiger partial charge in [0.2, 0.25) is 5.91 Å². The first kappa shape index (κ1) is 16.6. The predicted molar refractivity (Wildman–Crippen MR) is 79.0 cm³/mol. The number of carbonyl (C=O) groups is 1. The molecule has 1 aliphatic carbocycles. The third-order valence-corrected chi connectivity index (χ3v) is 4.13. The number of hydrogen-bond acceptors (Lipinski definition) is 3. The van der Waals surface area contributed by atoms with Gasteiger partial charge in [-0.05, 0) is 30.2 Å². The van der Waals surface area contributed by atoms with Crippen LogP contribution in [0.25, 0.3) is 0 Å². The normalized spacial score (nSPS) is 21.3. The fraction of sp³-hybridized carbons (Fsp3) is 0.353. The van der Waals surface area contributed by atoms with Crippen molar-refractivity contribution in [3.8, 4) is 0 Å². The lowest BCUT2D eigenvalue weighted by Crippen LogP contribution is -2.30. The smallest absolute Gasteiger partial charge is 0.416 e. The van der Waals surface area contributed by atoms with Crippen molar-refractivity contribution in [3.05, 3.63) is 59.5 Å². The minimum Gasteiger partial charge on any atom is -0.469 e. The van der Waals surface area contributed by atoms with E-state index >= 15 is 0 Å². The van der Waals surface area contributed by atoms with Gasteiger partial charge in [0, 0.05) is 18.4 Å². The van der Waals surface area contributed by atoms with Crippen LogP contribution >= 0.6 is 0 Å². The Morgan fingerprint density at radius 1 is 1.29 bits per heavy atom. The molecule has 7 heteroatoms. The fourth-order valence-electron chi connectivity index (χ4n) is 2.79. The molecular weight excluding hydrogens is 323 g/mol. The Morgan fingerprint density at radius 2 is 2.04 bits per heavy atom. The topological polar surface area (TPSA) is 62.5 Å². The van der Waals surface area contributed by atoms with E-state index in [0.29, 0.717) is 6.42 Å². The molecule has 2 aromatic rings. The number of halogens is 3. The first-order valence-electron chi connectivity index (χ1n) is 7.53. The van der Waals surface area contributed by atoms with E-state index in [0.717, 1.165) is 11.8 Å². The Bertz CT molecular complexity index is 712. The summed E-state index contributed by atoms with van der Waals surface area (Å²) in [5, 5.41) is 12.5. The van der Waals surface area contributed by atoms with Crippen molar-refractivity contribution < 1.29 is 27.5 Å². The van der Waals surface area contributed by atoms with E-state index in [9.17, 15) is 23.1 Å². The van der Waals surface area contributed by atoms with Gasteiger partial charge >= 0.3 is 6.18 Å². The molecule has 0 aliphatic heterocycles. The number of nitrogens with one attached hydrogen (secondary N) is 1. The number of benzene rings is 1. The first-order chi connectivity index (χ1) is 11.4. The highest BCUT2D eigenvalue weighted by Gasteiger charge is 2.45. The van der Waals surface area contributed by atoms with Crippen LogP contribution in [0.5, 0.6) is 0 Å². The third-order valence-electron chi connectivity index (χ3n) is 4.13. The second-order valence-electron chi connectivity index (χ2n) is 5.81. The molecule has 0 radical (unpaired) electrons. The van der Waals surface area contributed by atoms with E-state index in [-0.39, 0.29) is 29.9 Å². The van der Waals surface area contributed by atoms with Gasteiger partial charge in [-0.2, -0.15) is 13.2 Å². The molecule has 1 aliphatic rings. The van der Waals surface area contributed by atoms with Crippen LogP contribution in [0.2, 0.25) is 0 Å². The molecule has 1 aromatic carbocycles. The van der Waals surface area contributed by atoms with Gasteiger partial charge in [0.1, 0.15) is 5.76 Å². The Labute approximate surface area is 136 Å². The summed E-state index contributed by atoms with van der Waals surface area (Å²) in [6, 6.07) is 8.32. The predicted octanol–water partition coefficient (Wildman–Crippen LogP) is 3.25. The molecule has 128 valence electrons. The number of amides is 1. The van der Waals surface area contributed by atoms with Gasteiger partial charge in [-0.1, -0.05) is 18.2 Å². The maximum atomic E-state index is 12.9. The Hall–Kier alpha value is -2.28. The van der Waals surface area contributed by atoms with E-state index in [1.54, 1.807) is 12.1 Å². The molecule has 3 atom stereocenters. The van der Waals surface area contributed by atoms with Gasteiger partial charge in [0.05, 0.1) is 17.9 Å². The zero-order valence-corrected chi connectivity index (χ0v) is 12.6. The van der Waals surface area contributed by atoms with Crippen LogP contribution in [0, 0.1) is 5.92 Å². The molecule has 4 nitrogen and oxygen atoms in total. The van der Waals surface area contributed by atoms with Crippen LogP contribution in [-0.2, 0) is 11.0 Å². The van der Waals surface area contributed by atoms with E-state index < -0.39 is 17.8 Å². The molecule has 0 spiro atoms. The van der Waals surface area contributed by atoms with Crippen molar-refractivity contribution in [1.29, 1.82) is 0 Å². The Balaban J connectivity index is 1.59. The number of alkyl halides is 3. The minimum atomic E-state index is -4.55. The van der Waals surface area contributed by atoms with Crippen LogP contribution in [0.15, 0.2) is 47.1 Å². The van der Waals surface area contributed by atoms with Gasteiger partial charge in [-0.15, -0.1) is 0 Å². The van der Waals surface area contributed by atoms with Crippen molar-refractivity contribution in [2.75, 3.05) is 6.54 Å². The quantitative estimate of drug-likeness (QED) is 0.879. The summed E-state index contributed by atoms with van der Waals surface area (Å²) in [5.74, 6) is 0.166. The second kappa shape index (κ2) is 6.32. The first-order valence-corrected chi connectivity index (χ1v) is 7.53. The SMILES string of the molecule is O=C(NC[C@H](O)c1ccccc1C(F)(F)F)[C@@H]1C[C@@H]1c1ccco1. The van der Waals surface area contributed by atoms with Crippen LogP contribution in [0.4, 0.5) is 13.2 Å². The maximum Gasteiger partial charge on any atom is 0.416 e. The Morgan fingerprint density at radius 3 is 2.71 bits per heavy atom. The molecule has 1 heterocycles. The third kappa shape index (κ3) is 3.46. The van der Waals surface area contributed by atoms with Crippen molar-refractivity contribution >= 4 is 5.91 Å². The molecule has 24 heavy (non-hydrogen) atoms. The second-order valence-corrected chi connectivity index (χ2v) is 5.81. The number of rotatable bonds is 5. The number of aliphatic hydroxyl groups is 1. The monoisotopic (exact) mass is 339 g/mol. The maximum absolute atomic E-state index is 12.9. The lowest BCUT2D eigenvalue weighted by molar-refractivity contribution is -0.139. The number of carbonyl (C=O) groups excluding carboxylic acids is 1. The summed E-state index contributed by atoms with van der Waals surface area (Å²) in [7, 11) is 0. The summed E-state index contributed by atoms with van der Waals surface area (Å²) < 4.78 is 44.1. The molecule has 1 saturated carbocycles. The van der Waals surface area contributed by atoms with Crippen molar-refractivity contribution in [1.82, 2.24) is 5.32 Å². The summed E-state index contributed by atoms with van der Waals surface area (Å²) in [5.41, 5.74) is -1.14. The van der Waals surface area contributed by atoms with Gasteiger partial charge in [-0.3, -0.25) is 4.79 Å². The van der Waals surface area contributed by atoms with Crippen LogP contribution < -0.4 is 5.32 Å². The van der Waals surface area contributed by atoms with Crippen LogP contribution in [0.1, 0.15) is 35.3 Å². The lowest BCUT2D eigenvalue weighted by Gasteiger charge is -2.17. The lowest BCUT2D eigenvalue weighted by atomic mass is 10.0. The largest absolute Gasteiger partial charge is 0.469 e. The average molecular weight is 339 g/mol. The fourth-order valence-corrected chi connectivity index (χ4v) is 2.79. The van der Waals surface area contributed by atoms with Gasteiger partial charge < -0.3 is 14.8 Å². The molecule has 1 fully saturated rings. The minimum absolute atomic E-state index is 0.000366. The highest BCUT2D eigenvalue weighted by molar-refractivity contribution is 5.82. The highest BCUT2D eigenvalue weighted by Crippen LogP contribution is 2.47. The van der Waals surface area contributed by atoms with Gasteiger partial charge in [0.25, 0.3) is 0 Å². The zero-order chi connectivity index (χ0) is 17.3. The summed E-state index contributed by atoms with van der Waals surface area (Å²) in [6.07, 6.45) is -3.81. The van der Waals surface area contributed by atoms with Gasteiger partial charge in [0.15, 0.2) is 0 Å². The molecule has 2 N–H and O–H groups in total. The molecule has 0 saturated heterocycles. The zero-order valence-electron chi connectivity index (χ0n) is 12.6. The number of hydrogen-bond donors (Lipinski definition) is 2. The van der Waals surface area contributed by atoms with Gasteiger partial charge in [-0.25, -0.2) is 0 Å². The van der Waals surface area contributed by atoms with Crippen LogP contribution in [-0.4, -0.2) is 17.6 Å². The van der Waals surface area contributed by atoms with Crippen molar-refractivity contribution in [2.24, 2.45) is 5.92 Å². The van der Waals surface area contributed by atoms with E-state index in [2.05, 4.69) is 5.32 Å². The highest BCUT2D eigenvalue weighted by atomic mass is 19.4. The average Bonchev–Trinajstić information content (AvgIpc) is 3.17. The van der Waals surface area contributed by atoms with E-state index in [4.69, 9.17) is 4.42 Å². The Kier molecular flexibility index (Phi) is 4.36. The standard InChI is InChI=1S/C17H16F3NO3/c18-17(19,20)13-5-2-1-4-10(13)14(22)9-21-16(23)12-8-11(12)15-6-3-7-24-15/h1-7,11-12,14,22H,8-9H2,(H,21,23)/t11-,12+,14-/m0/s1. The summed E-state index contributed by atoms with van der Waals surface area (Å²) >= 11 is 0. The summed E-state index contributed by atoms with van der Waals surface area (Å²) in [6.45, 7) is -0.271. The molecule has 3 rings (SSSR count).